The van der Waals surface area contributed by atoms with Gasteiger partial charge in [0.25, 0.3) is 0 Å². The Morgan fingerprint density at radius 3 is 2.60 bits per heavy atom. The predicted octanol–water partition coefficient (Wildman–Crippen LogP) is 3.11. The van der Waals surface area contributed by atoms with Crippen LogP contribution in [0.4, 0.5) is 5.69 Å². The van der Waals surface area contributed by atoms with Crippen LogP contribution in [0, 0.1) is 0 Å². The van der Waals surface area contributed by atoms with Crippen LogP contribution in [0.5, 0.6) is 0 Å². The smallest absolute Gasteiger partial charge is 0.236 e. The lowest BCUT2D eigenvalue weighted by Gasteiger charge is -2.08. The van der Waals surface area contributed by atoms with Crippen molar-refractivity contribution >= 4 is 26.6 Å². The molecule has 0 spiro atoms. The Bertz CT molecular complexity index is 823. The van der Waals surface area contributed by atoms with E-state index in [4.69, 9.17) is 0 Å². The summed E-state index contributed by atoms with van der Waals surface area (Å²) in [5.74, 6) is -0.0311. The zero-order valence-corrected chi connectivity index (χ0v) is 11.5. The number of hydrogen-bond acceptors (Lipinski definition) is 2. The fourth-order valence-electron chi connectivity index (χ4n) is 2.12. The summed E-state index contributed by atoms with van der Waals surface area (Å²) in [6, 6.07) is 16.5. The first-order chi connectivity index (χ1) is 9.62. The van der Waals surface area contributed by atoms with Gasteiger partial charge in [0.1, 0.15) is 0 Å². The fraction of sp³-hybridized carbons (Fsp3) is 0.0667. The van der Waals surface area contributed by atoms with E-state index in [1.54, 1.807) is 24.3 Å². The van der Waals surface area contributed by atoms with Crippen molar-refractivity contribution in [2.24, 2.45) is 0 Å². The van der Waals surface area contributed by atoms with Crippen LogP contribution in [0.25, 0.3) is 10.9 Å². The van der Waals surface area contributed by atoms with Gasteiger partial charge in [-0.05, 0) is 29.1 Å². The Balaban J connectivity index is 1.82. The lowest BCUT2D eigenvalue weighted by molar-refractivity contribution is 0.600. The zero-order valence-electron chi connectivity index (χ0n) is 10.7. The highest BCUT2D eigenvalue weighted by molar-refractivity contribution is 7.91. The van der Waals surface area contributed by atoms with Gasteiger partial charge in [-0.25, -0.2) is 8.42 Å². The molecule has 0 saturated carbocycles. The Labute approximate surface area is 117 Å². The average molecular weight is 286 g/mol. The van der Waals surface area contributed by atoms with Gasteiger partial charge < -0.3 is 4.98 Å². The molecular formula is C15H14N2O2S. The van der Waals surface area contributed by atoms with Gasteiger partial charge in [0.2, 0.25) is 10.0 Å². The van der Waals surface area contributed by atoms with Gasteiger partial charge in [-0.1, -0.05) is 36.4 Å². The van der Waals surface area contributed by atoms with E-state index in [2.05, 4.69) is 9.71 Å². The van der Waals surface area contributed by atoms with Gasteiger partial charge in [-0.2, -0.15) is 0 Å². The summed E-state index contributed by atoms with van der Waals surface area (Å²) < 4.78 is 26.8. The van der Waals surface area contributed by atoms with E-state index >= 15 is 0 Å². The lowest BCUT2D eigenvalue weighted by atomic mass is 10.2. The maximum Gasteiger partial charge on any atom is 0.236 e. The maximum atomic E-state index is 12.1. The first-order valence-corrected chi connectivity index (χ1v) is 7.89. The van der Waals surface area contributed by atoms with Crippen molar-refractivity contribution in [1.82, 2.24) is 4.98 Å². The van der Waals surface area contributed by atoms with Crippen LogP contribution in [-0.4, -0.2) is 13.4 Å². The fourth-order valence-corrected chi connectivity index (χ4v) is 3.31. The minimum atomic E-state index is -3.40. The van der Waals surface area contributed by atoms with Crippen LogP contribution in [0.3, 0.4) is 0 Å². The van der Waals surface area contributed by atoms with Gasteiger partial charge in [0, 0.05) is 11.7 Å². The zero-order chi connectivity index (χ0) is 14.0. The van der Waals surface area contributed by atoms with Crippen LogP contribution in [0.15, 0.2) is 60.8 Å². The van der Waals surface area contributed by atoms with Gasteiger partial charge in [0.15, 0.2) is 0 Å². The molecule has 0 radical (unpaired) electrons. The van der Waals surface area contributed by atoms with Crippen molar-refractivity contribution in [3.63, 3.8) is 0 Å². The normalized spacial score (nSPS) is 11.6. The highest BCUT2D eigenvalue weighted by Crippen LogP contribution is 2.19. The number of rotatable bonds is 4. The quantitative estimate of drug-likeness (QED) is 0.774. The van der Waals surface area contributed by atoms with Gasteiger partial charge >= 0.3 is 0 Å². The largest absolute Gasteiger partial charge is 0.361 e. The number of hydrogen-bond donors (Lipinski definition) is 2. The summed E-state index contributed by atoms with van der Waals surface area (Å²) in [7, 11) is -3.40. The summed E-state index contributed by atoms with van der Waals surface area (Å²) in [6.45, 7) is 0. The molecule has 0 amide bonds. The van der Waals surface area contributed by atoms with Crippen LogP contribution < -0.4 is 4.72 Å². The molecule has 20 heavy (non-hydrogen) atoms. The molecule has 1 aromatic heterocycles. The second-order valence-corrected chi connectivity index (χ2v) is 6.35. The highest BCUT2D eigenvalue weighted by Gasteiger charge is 2.11. The number of nitrogens with one attached hydrogen (secondary N) is 2. The van der Waals surface area contributed by atoms with Gasteiger partial charge in [-0.3, -0.25) is 4.72 Å². The minimum Gasteiger partial charge on any atom is -0.361 e. The van der Waals surface area contributed by atoms with E-state index in [9.17, 15) is 8.42 Å². The molecule has 5 heteroatoms. The third-order valence-electron chi connectivity index (χ3n) is 3.03. The minimum absolute atomic E-state index is 0.0311. The van der Waals surface area contributed by atoms with Crippen LogP contribution in [0.1, 0.15) is 5.56 Å². The van der Waals surface area contributed by atoms with E-state index in [0.717, 1.165) is 16.5 Å². The van der Waals surface area contributed by atoms with Gasteiger partial charge in [0.05, 0.1) is 11.4 Å². The molecule has 2 aromatic carbocycles. The molecule has 0 bridgehead atoms. The van der Waals surface area contributed by atoms with Crippen molar-refractivity contribution < 1.29 is 8.42 Å². The van der Waals surface area contributed by atoms with Crippen LogP contribution in [-0.2, 0) is 15.8 Å². The number of H-pyrrole nitrogens is 1. The molecule has 0 aliphatic rings. The maximum absolute atomic E-state index is 12.1. The molecule has 0 unspecified atom stereocenters. The second kappa shape index (κ2) is 5.02. The molecular weight excluding hydrogens is 272 g/mol. The third-order valence-corrected chi connectivity index (χ3v) is 4.29. The Hall–Kier alpha value is -2.27. The molecule has 1 heterocycles. The van der Waals surface area contributed by atoms with Crippen molar-refractivity contribution in [3.05, 3.63) is 66.4 Å². The molecule has 0 aliphatic carbocycles. The molecule has 2 N–H and O–H groups in total. The average Bonchev–Trinajstić information content (AvgIpc) is 2.86. The Morgan fingerprint density at radius 2 is 1.80 bits per heavy atom. The standard InChI is InChI=1S/C15H14N2O2S/c18-20(19,11-12-4-2-1-3-5-12)17-14-7-6-13-8-9-16-15(13)10-14/h1-10,16-17H,11H2. The number of fused-ring (bicyclic) bond motifs is 1. The molecule has 0 atom stereocenters. The summed E-state index contributed by atoms with van der Waals surface area (Å²) in [5.41, 5.74) is 2.24. The molecule has 0 fully saturated rings. The Morgan fingerprint density at radius 1 is 1.00 bits per heavy atom. The molecule has 4 nitrogen and oxygen atoms in total. The number of sulfonamides is 1. The second-order valence-electron chi connectivity index (χ2n) is 4.63. The highest BCUT2D eigenvalue weighted by atomic mass is 32.2. The van der Waals surface area contributed by atoms with Crippen molar-refractivity contribution in [1.29, 1.82) is 0 Å². The summed E-state index contributed by atoms with van der Waals surface area (Å²) in [5, 5.41) is 1.05. The third kappa shape index (κ3) is 2.83. The number of aromatic nitrogens is 1. The monoisotopic (exact) mass is 286 g/mol. The topological polar surface area (TPSA) is 62.0 Å². The Kier molecular flexibility index (Phi) is 3.20. The predicted molar refractivity (Wildman–Crippen MR) is 81.0 cm³/mol. The number of anilines is 1. The summed E-state index contributed by atoms with van der Waals surface area (Å²) >= 11 is 0. The molecule has 102 valence electrons. The summed E-state index contributed by atoms with van der Waals surface area (Å²) in [4.78, 5) is 3.06. The number of benzene rings is 2. The lowest BCUT2D eigenvalue weighted by Crippen LogP contribution is -2.14. The van der Waals surface area contributed by atoms with E-state index < -0.39 is 10.0 Å². The van der Waals surface area contributed by atoms with Crippen molar-refractivity contribution in [3.8, 4) is 0 Å². The number of aromatic amines is 1. The first-order valence-electron chi connectivity index (χ1n) is 6.24. The first kappa shape index (κ1) is 12.7. The van der Waals surface area contributed by atoms with Crippen molar-refractivity contribution in [2.75, 3.05) is 4.72 Å². The van der Waals surface area contributed by atoms with Crippen LogP contribution >= 0.6 is 0 Å². The van der Waals surface area contributed by atoms with Crippen LogP contribution in [0.2, 0.25) is 0 Å². The van der Waals surface area contributed by atoms with E-state index in [-0.39, 0.29) is 5.75 Å². The summed E-state index contributed by atoms with van der Waals surface area (Å²) in [6.07, 6.45) is 1.83. The van der Waals surface area contributed by atoms with Gasteiger partial charge in [-0.15, -0.1) is 0 Å². The molecule has 3 rings (SSSR count). The molecule has 0 aliphatic heterocycles. The SMILES string of the molecule is O=S(=O)(Cc1ccccc1)Nc1ccc2cc[nH]c2c1. The molecule has 0 saturated heterocycles. The van der Waals surface area contributed by atoms with E-state index in [1.165, 1.54) is 0 Å². The molecule has 3 aromatic rings. The van der Waals surface area contributed by atoms with E-state index in [1.807, 2.05) is 36.5 Å². The van der Waals surface area contributed by atoms with Crippen molar-refractivity contribution in [2.45, 2.75) is 5.75 Å². The van der Waals surface area contributed by atoms with E-state index in [0.29, 0.717) is 5.69 Å².